The summed E-state index contributed by atoms with van der Waals surface area (Å²) in [5.74, 6) is 1.22. The van der Waals surface area contributed by atoms with Gasteiger partial charge in [-0.2, -0.15) is 0 Å². The van der Waals surface area contributed by atoms with E-state index < -0.39 is 0 Å². The van der Waals surface area contributed by atoms with Crippen LogP contribution in [0.15, 0.2) is 60.9 Å². The van der Waals surface area contributed by atoms with E-state index in [1.165, 1.54) is 24.1 Å². The molecule has 6 nitrogen and oxygen atoms in total. The Balaban J connectivity index is 1.30. The Kier molecular flexibility index (Phi) is 6.72. The molecule has 0 unspecified atom stereocenters. The molecule has 1 N–H and O–H groups in total. The number of nitrogens with zero attached hydrogens (tertiary/aromatic N) is 2. The van der Waals surface area contributed by atoms with Crippen LogP contribution in [0.2, 0.25) is 0 Å². The normalized spacial score (nSPS) is 14.1. The van der Waals surface area contributed by atoms with E-state index >= 15 is 0 Å². The van der Waals surface area contributed by atoms with Gasteiger partial charge in [-0.05, 0) is 68.0 Å². The molecule has 34 heavy (non-hydrogen) atoms. The lowest BCUT2D eigenvalue weighted by atomic mass is 9.98. The van der Waals surface area contributed by atoms with Crippen LogP contribution in [0.5, 0.6) is 5.75 Å². The number of fused-ring (bicyclic) bond motifs is 1. The average Bonchev–Trinajstić information content (AvgIpc) is 3.22. The van der Waals surface area contributed by atoms with Gasteiger partial charge in [0.1, 0.15) is 40.3 Å². The van der Waals surface area contributed by atoms with Gasteiger partial charge in [0.25, 0.3) is 0 Å². The summed E-state index contributed by atoms with van der Waals surface area (Å²) >= 11 is 1.37. The third kappa shape index (κ3) is 5.04. The van der Waals surface area contributed by atoms with Crippen molar-refractivity contribution in [2.75, 3.05) is 5.32 Å². The van der Waals surface area contributed by atoms with Crippen LogP contribution in [0.1, 0.15) is 52.9 Å². The number of aromatic nitrogens is 2. The van der Waals surface area contributed by atoms with Crippen LogP contribution in [-0.2, 0) is 11.3 Å². The summed E-state index contributed by atoms with van der Waals surface area (Å²) in [5.41, 5.74) is 2.86. The van der Waals surface area contributed by atoms with E-state index in [2.05, 4.69) is 15.3 Å². The molecule has 0 radical (unpaired) electrons. The molecule has 174 valence electrons. The lowest BCUT2D eigenvalue weighted by Gasteiger charge is -2.21. The number of ether oxygens (including phenoxy) is 2. The molecule has 0 saturated heterocycles. The highest BCUT2D eigenvalue weighted by Gasteiger charge is 2.24. The molecule has 1 aliphatic rings. The van der Waals surface area contributed by atoms with E-state index in [-0.39, 0.29) is 12.1 Å². The highest BCUT2D eigenvalue weighted by Crippen LogP contribution is 2.35. The van der Waals surface area contributed by atoms with Crippen molar-refractivity contribution in [1.29, 1.82) is 0 Å². The first kappa shape index (κ1) is 22.3. The molecule has 2 aromatic heterocycles. The number of rotatable bonds is 7. The molecule has 2 aromatic carbocycles. The maximum atomic E-state index is 12.9. The quantitative estimate of drug-likeness (QED) is 0.297. The van der Waals surface area contributed by atoms with Gasteiger partial charge in [0, 0.05) is 5.69 Å². The second kappa shape index (κ2) is 10.2. The number of anilines is 2. The van der Waals surface area contributed by atoms with Crippen LogP contribution in [0, 0.1) is 6.92 Å². The van der Waals surface area contributed by atoms with E-state index in [0.29, 0.717) is 17.3 Å². The Labute approximate surface area is 203 Å². The smallest absolute Gasteiger partial charge is 0.348 e. The summed E-state index contributed by atoms with van der Waals surface area (Å²) in [6.45, 7) is 2.46. The minimum absolute atomic E-state index is 0.0252. The standard InChI is InChI=1S/C27H27N3O3S/c1-18-23-25(30-20-12-14-21(15-13-20)32-16-19-8-4-2-5-9-19)28-17-29-26(23)34-24(18)27(31)33-22-10-6-3-7-11-22/h2,4-5,8-9,12-15,17,22H,3,6-7,10-11,16H2,1H3,(H,28,29,30). The average molecular weight is 474 g/mol. The molecule has 0 bridgehead atoms. The first-order valence-electron chi connectivity index (χ1n) is 11.7. The van der Waals surface area contributed by atoms with Crippen molar-refractivity contribution < 1.29 is 14.3 Å². The molecule has 0 atom stereocenters. The molecular formula is C27H27N3O3S. The van der Waals surface area contributed by atoms with Gasteiger partial charge in [-0.1, -0.05) is 36.8 Å². The molecule has 0 aliphatic heterocycles. The van der Waals surface area contributed by atoms with Crippen LogP contribution < -0.4 is 10.1 Å². The lowest BCUT2D eigenvalue weighted by Crippen LogP contribution is -2.20. The van der Waals surface area contributed by atoms with Crippen molar-refractivity contribution in [3.63, 3.8) is 0 Å². The number of carbonyl (C=O) groups excluding carboxylic acids is 1. The van der Waals surface area contributed by atoms with Crippen molar-refractivity contribution in [2.24, 2.45) is 0 Å². The third-order valence-corrected chi connectivity index (χ3v) is 7.28. The van der Waals surface area contributed by atoms with Crippen molar-refractivity contribution in [1.82, 2.24) is 9.97 Å². The van der Waals surface area contributed by atoms with E-state index in [0.717, 1.165) is 58.5 Å². The largest absolute Gasteiger partial charge is 0.489 e. The predicted octanol–water partition coefficient (Wildman–Crippen LogP) is 6.81. The van der Waals surface area contributed by atoms with Crippen LogP contribution in [0.3, 0.4) is 0 Å². The predicted molar refractivity (Wildman–Crippen MR) is 135 cm³/mol. The Morgan fingerprint density at radius 2 is 1.79 bits per heavy atom. The first-order chi connectivity index (χ1) is 16.7. The van der Waals surface area contributed by atoms with E-state index in [1.54, 1.807) is 0 Å². The van der Waals surface area contributed by atoms with E-state index in [4.69, 9.17) is 9.47 Å². The summed E-state index contributed by atoms with van der Waals surface area (Å²) in [6, 6.07) is 17.8. The van der Waals surface area contributed by atoms with Gasteiger partial charge < -0.3 is 14.8 Å². The fraction of sp³-hybridized carbons (Fsp3) is 0.296. The first-order valence-corrected chi connectivity index (χ1v) is 12.5. The molecule has 0 amide bonds. The number of benzene rings is 2. The van der Waals surface area contributed by atoms with Crippen LogP contribution in [0.25, 0.3) is 10.2 Å². The fourth-order valence-corrected chi connectivity index (χ4v) is 5.29. The number of thiophene rings is 1. The summed E-state index contributed by atoms with van der Waals surface area (Å²) in [4.78, 5) is 23.1. The van der Waals surface area contributed by atoms with Gasteiger partial charge in [0.05, 0.1) is 5.39 Å². The topological polar surface area (TPSA) is 73.3 Å². The number of esters is 1. The Bertz CT molecular complexity index is 1270. The van der Waals surface area contributed by atoms with E-state index in [9.17, 15) is 4.79 Å². The minimum Gasteiger partial charge on any atom is -0.489 e. The molecule has 1 aliphatic carbocycles. The maximum Gasteiger partial charge on any atom is 0.348 e. The third-order valence-electron chi connectivity index (χ3n) is 6.10. The zero-order chi connectivity index (χ0) is 23.3. The Morgan fingerprint density at radius 3 is 2.56 bits per heavy atom. The van der Waals surface area contributed by atoms with E-state index in [1.807, 2.05) is 61.5 Å². The molecular weight excluding hydrogens is 446 g/mol. The monoisotopic (exact) mass is 473 g/mol. The maximum absolute atomic E-state index is 12.9. The van der Waals surface area contributed by atoms with Gasteiger partial charge in [0.2, 0.25) is 0 Å². The zero-order valence-corrected chi connectivity index (χ0v) is 19.9. The number of carbonyl (C=O) groups is 1. The number of nitrogens with one attached hydrogen (secondary N) is 1. The Hall–Kier alpha value is -3.45. The molecule has 5 rings (SSSR count). The van der Waals surface area contributed by atoms with Gasteiger partial charge in [-0.25, -0.2) is 14.8 Å². The zero-order valence-electron chi connectivity index (χ0n) is 19.1. The van der Waals surface area contributed by atoms with Gasteiger partial charge >= 0.3 is 5.97 Å². The number of aryl methyl sites for hydroxylation is 1. The van der Waals surface area contributed by atoms with Crippen molar-refractivity contribution in [3.05, 3.63) is 76.9 Å². The SMILES string of the molecule is Cc1c(C(=O)OC2CCCCC2)sc2ncnc(Nc3ccc(OCc4ccccc4)cc3)c12. The lowest BCUT2D eigenvalue weighted by molar-refractivity contribution is 0.0216. The number of hydrogen-bond acceptors (Lipinski definition) is 7. The second-order valence-corrected chi connectivity index (χ2v) is 9.55. The molecule has 2 heterocycles. The van der Waals surface area contributed by atoms with Crippen molar-refractivity contribution >= 4 is 39.0 Å². The molecule has 0 spiro atoms. The molecule has 1 fully saturated rings. The van der Waals surface area contributed by atoms with Gasteiger partial charge in [0.15, 0.2) is 0 Å². The molecule has 1 saturated carbocycles. The summed E-state index contributed by atoms with van der Waals surface area (Å²) < 4.78 is 11.7. The highest BCUT2D eigenvalue weighted by atomic mass is 32.1. The van der Waals surface area contributed by atoms with Crippen molar-refractivity contribution in [2.45, 2.75) is 51.7 Å². The summed E-state index contributed by atoms with van der Waals surface area (Å²) in [7, 11) is 0. The van der Waals surface area contributed by atoms with Crippen molar-refractivity contribution in [3.8, 4) is 5.75 Å². The Morgan fingerprint density at radius 1 is 1.03 bits per heavy atom. The van der Waals surface area contributed by atoms with Crippen LogP contribution in [-0.4, -0.2) is 22.0 Å². The summed E-state index contributed by atoms with van der Waals surface area (Å²) in [6.07, 6.45) is 6.92. The van der Waals surface area contributed by atoms with Gasteiger partial charge in [-0.15, -0.1) is 11.3 Å². The minimum atomic E-state index is -0.252. The molecule has 7 heteroatoms. The number of hydrogen-bond donors (Lipinski definition) is 1. The highest BCUT2D eigenvalue weighted by molar-refractivity contribution is 7.20. The second-order valence-electron chi connectivity index (χ2n) is 8.55. The van der Waals surface area contributed by atoms with Crippen LogP contribution >= 0.6 is 11.3 Å². The fourth-order valence-electron chi connectivity index (χ4n) is 4.26. The molecule has 4 aromatic rings. The van der Waals surface area contributed by atoms with Crippen LogP contribution in [0.4, 0.5) is 11.5 Å². The van der Waals surface area contributed by atoms with Gasteiger partial charge in [-0.3, -0.25) is 0 Å². The summed E-state index contributed by atoms with van der Waals surface area (Å²) in [5, 5.41) is 4.22.